The molecule has 0 aliphatic heterocycles. The fourth-order valence-electron chi connectivity index (χ4n) is 3.90. The molecule has 0 radical (unpaired) electrons. The Balaban J connectivity index is 2.30. The summed E-state index contributed by atoms with van der Waals surface area (Å²) in [6.07, 6.45) is 14.9. The molecule has 0 heterocycles. The third kappa shape index (κ3) is 8.03. The van der Waals surface area contributed by atoms with Gasteiger partial charge in [-0.15, -0.1) is 0 Å². The summed E-state index contributed by atoms with van der Waals surface area (Å²) in [6, 6.07) is 0. The zero-order chi connectivity index (χ0) is 16.9. The van der Waals surface area contributed by atoms with Crippen LogP contribution in [0.4, 0.5) is 0 Å². The molecule has 0 aromatic heterocycles. The zero-order valence-corrected chi connectivity index (χ0v) is 16.3. The second-order valence-electron chi connectivity index (χ2n) is 7.53. The molecule has 0 spiro atoms. The summed E-state index contributed by atoms with van der Waals surface area (Å²) in [7, 11) is 0. The van der Waals surface area contributed by atoms with Crippen LogP contribution in [0.25, 0.3) is 0 Å². The molecule has 2 nitrogen and oxygen atoms in total. The van der Waals surface area contributed by atoms with E-state index < -0.39 is 0 Å². The molecule has 0 aromatic carbocycles. The van der Waals surface area contributed by atoms with Gasteiger partial charge in [0, 0.05) is 13.2 Å². The average Bonchev–Trinajstić information content (AvgIpc) is 2.86. The predicted molar refractivity (Wildman–Crippen MR) is 99.9 cm³/mol. The average molecular weight is 327 g/mol. The largest absolute Gasteiger partial charge is 0.375 e. The number of ether oxygens (including phenoxy) is 2. The van der Waals surface area contributed by atoms with Crippen LogP contribution >= 0.6 is 0 Å². The predicted octanol–water partition coefficient (Wildman–Crippen LogP) is 6.37. The quantitative estimate of drug-likeness (QED) is 0.345. The Morgan fingerprint density at radius 1 is 0.696 bits per heavy atom. The topological polar surface area (TPSA) is 18.5 Å². The Hall–Kier alpha value is -0.0800. The van der Waals surface area contributed by atoms with E-state index in [4.69, 9.17) is 9.47 Å². The maximum Gasteiger partial charge on any atom is 0.0867 e. The van der Waals surface area contributed by atoms with E-state index in [0.29, 0.717) is 24.0 Å². The van der Waals surface area contributed by atoms with E-state index in [2.05, 4.69) is 27.7 Å². The summed E-state index contributed by atoms with van der Waals surface area (Å²) in [4.78, 5) is 0. The summed E-state index contributed by atoms with van der Waals surface area (Å²) >= 11 is 0. The molecule has 0 N–H and O–H groups in total. The minimum Gasteiger partial charge on any atom is -0.375 e. The zero-order valence-electron chi connectivity index (χ0n) is 16.3. The molecule has 0 aromatic rings. The van der Waals surface area contributed by atoms with Gasteiger partial charge in [-0.05, 0) is 31.1 Å². The Morgan fingerprint density at radius 3 is 1.78 bits per heavy atom. The lowest BCUT2D eigenvalue weighted by molar-refractivity contribution is -0.0838. The minimum atomic E-state index is 0.331. The number of hydrogen-bond donors (Lipinski definition) is 0. The first-order chi connectivity index (χ1) is 11.2. The summed E-state index contributed by atoms with van der Waals surface area (Å²) in [5, 5.41) is 0. The summed E-state index contributed by atoms with van der Waals surface area (Å²) in [6.45, 7) is 11.0. The van der Waals surface area contributed by atoms with Crippen molar-refractivity contribution < 1.29 is 9.47 Å². The highest BCUT2D eigenvalue weighted by Gasteiger charge is 2.41. The van der Waals surface area contributed by atoms with E-state index in [0.717, 1.165) is 13.2 Å². The maximum absolute atomic E-state index is 6.32. The summed E-state index contributed by atoms with van der Waals surface area (Å²) in [5.74, 6) is 1.34. The van der Waals surface area contributed by atoms with Gasteiger partial charge in [0.25, 0.3) is 0 Å². The monoisotopic (exact) mass is 326 g/mol. The molecule has 1 fully saturated rings. The first-order valence-corrected chi connectivity index (χ1v) is 10.5. The van der Waals surface area contributed by atoms with Gasteiger partial charge in [0.15, 0.2) is 0 Å². The second-order valence-corrected chi connectivity index (χ2v) is 7.53. The van der Waals surface area contributed by atoms with Crippen LogP contribution in [-0.2, 0) is 9.47 Å². The van der Waals surface area contributed by atoms with Crippen molar-refractivity contribution >= 4 is 0 Å². The normalized spacial score (nSPS) is 27.7. The van der Waals surface area contributed by atoms with Gasteiger partial charge in [-0.2, -0.15) is 0 Å². The molecule has 1 aliphatic rings. The highest BCUT2D eigenvalue weighted by molar-refractivity contribution is 4.91. The molecule has 0 bridgehead atoms. The molecule has 0 amide bonds. The van der Waals surface area contributed by atoms with Crippen LogP contribution in [0.3, 0.4) is 0 Å². The Bertz CT molecular complexity index is 267. The first kappa shape index (κ1) is 21.0. The van der Waals surface area contributed by atoms with Gasteiger partial charge in [-0.1, -0.05) is 79.1 Å². The van der Waals surface area contributed by atoms with E-state index in [1.54, 1.807) is 0 Å². The van der Waals surface area contributed by atoms with Crippen LogP contribution < -0.4 is 0 Å². The lowest BCUT2D eigenvalue weighted by Crippen LogP contribution is -2.34. The van der Waals surface area contributed by atoms with Gasteiger partial charge in [-0.25, -0.2) is 0 Å². The standard InChI is InChI=1S/C21H42O2/c1-5-8-10-12-14-16-23-21-19(7-3)17-18(4)20(21)22-15-13-11-9-6-2/h18-21H,5-17H2,1-4H3. The third-order valence-corrected chi connectivity index (χ3v) is 5.41. The Morgan fingerprint density at radius 2 is 1.22 bits per heavy atom. The van der Waals surface area contributed by atoms with Gasteiger partial charge in [0.1, 0.15) is 0 Å². The summed E-state index contributed by atoms with van der Waals surface area (Å²) in [5.41, 5.74) is 0. The fraction of sp³-hybridized carbons (Fsp3) is 1.00. The van der Waals surface area contributed by atoms with Crippen molar-refractivity contribution in [3.63, 3.8) is 0 Å². The molecule has 138 valence electrons. The van der Waals surface area contributed by atoms with Crippen molar-refractivity contribution in [3.8, 4) is 0 Å². The van der Waals surface area contributed by atoms with E-state index >= 15 is 0 Å². The van der Waals surface area contributed by atoms with Crippen molar-refractivity contribution in [3.05, 3.63) is 0 Å². The first-order valence-electron chi connectivity index (χ1n) is 10.5. The van der Waals surface area contributed by atoms with Crippen molar-refractivity contribution in [1.29, 1.82) is 0 Å². The second kappa shape index (κ2) is 13.2. The number of hydrogen-bond acceptors (Lipinski definition) is 2. The molecule has 0 saturated heterocycles. The number of unbranched alkanes of at least 4 members (excludes halogenated alkanes) is 7. The van der Waals surface area contributed by atoms with Crippen molar-refractivity contribution in [1.82, 2.24) is 0 Å². The molecular weight excluding hydrogens is 284 g/mol. The van der Waals surface area contributed by atoms with Gasteiger partial charge < -0.3 is 9.47 Å². The molecule has 1 rings (SSSR count). The van der Waals surface area contributed by atoms with E-state index in [9.17, 15) is 0 Å². The van der Waals surface area contributed by atoms with Crippen molar-refractivity contribution in [2.45, 2.75) is 111 Å². The highest BCUT2D eigenvalue weighted by Crippen LogP contribution is 2.37. The molecule has 23 heavy (non-hydrogen) atoms. The SMILES string of the molecule is CCCCCCCOC1C(CC)CC(C)C1OCCCCCC. The smallest absolute Gasteiger partial charge is 0.0867 e. The van der Waals surface area contributed by atoms with Gasteiger partial charge in [0.2, 0.25) is 0 Å². The van der Waals surface area contributed by atoms with E-state index in [1.165, 1.54) is 70.6 Å². The lowest BCUT2D eigenvalue weighted by atomic mass is 10.0. The van der Waals surface area contributed by atoms with Crippen LogP contribution in [-0.4, -0.2) is 25.4 Å². The van der Waals surface area contributed by atoms with Crippen LogP contribution in [0, 0.1) is 11.8 Å². The Labute approximate surface area is 145 Å². The van der Waals surface area contributed by atoms with Gasteiger partial charge >= 0.3 is 0 Å². The molecular formula is C21H42O2. The van der Waals surface area contributed by atoms with Crippen LogP contribution in [0.15, 0.2) is 0 Å². The molecule has 1 aliphatic carbocycles. The van der Waals surface area contributed by atoms with Crippen LogP contribution in [0.1, 0.15) is 98.3 Å². The van der Waals surface area contributed by atoms with Crippen molar-refractivity contribution in [2.75, 3.05) is 13.2 Å². The molecule has 4 unspecified atom stereocenters. The van der Waals surface area contributed by atoms with Gasteiger partial charge in [-0.3, -0.25) is 0 Å². The van der Waals surface area contributed by atoms with E-state index in [1.807, 2.05) is 0 Å². The maximum atomic E-state index is 6.32. The lowest BCUT2D eigenvalue weighted by Gasteiger charge is -2.26. The highest BCUT2D eigenvalue weighted by atomic mass is 16.5. The fourth-order valence-corrected chi connectivity index (χ4v) is 3.90. The van der Waals surface area contributed by atoms with Gasteiger partial charge in [0.05, 0.1) is 12.2 Å². The van der Waals surface area contributed by atoms with Crippen LogP contribution in [0.2, 0.25) is 0 Å². The summed E-state index contributed by atoms with van der Waals surface area (Å²) < 4.78 is 12.6. The molecule has 4 atom stereocenters. The van der Waals surface area contributed by atoms with E-state index in [-0.39, 0.29) is 0 Å². The molecule has 1 saturated carbocycles. The number of rotatable bonds is 14. The Kier molecular flexibility index (Phi) is 12.1. The third-order valence-electron chi connectivity index (χ3n) is 5.41. The van der Waals surface area contributed by atoms with Crippen LogP contribution in [0.5, 0.6) is 0 Å². The minimum absolute atomic E-state index is 0.331. The van der Waals surface area contributed by atoms with Crippen molar-refractivity contribution in [2.24, 2.45) is 11.8 Å². The molecule has 2 heteroatoms.